The van der Waals surface area contributed by atoms with Crippen LogP contribution in [-0.4, -0.2) is 48.2 Å². The van der Waals surface area contributed by atoms with E-state index in [1.54, 1.807) is 18.2 Å². The van der Waals surface area contributed by atoms with Gasteiger partial charge >= 0.3 is 0 Å². The molecule has 2 N–H and O–H groups in total. The van der Waals surface area contributed by atoms with Crippen LogP contribution in [0.1, 0.15) is 42.4 Å². The van der Waals surface area contributed by atoms with Crippen LogP contribution in [0.4, 0.5) is 10.1 Å². The van der Waals surface area contributed by atoms with Crippen molar-refractivity contribution in [3.8, 4) is 0 Å². The molecule has 1 atom stereocenters. The monoisotopic (exact) mass is 448 g/mol. The first kappa shape index (κ1) is 21.8. The van der Waals surface area contributed by atoms with E-state index in [0.717, 1.165) is 18.7 Å². The number of aliphatic imine (C=N–C) groups is 1. The van der Waals surface area contributed by atoms with E-state index in [0.29, 0.717) is 28.8 Å². The van der Waals surface area contributed by atoms with E-state index < -0.39 is 17.9 Å². The van der Waals surface area contributed by atoms with Crippen LogP contribution in [-0.2, 0) is 9.59 Å². The molecular weight excluding hydrogens is 419 g/mol. The second-order valence-electron chi connectivity index (χ2n) is 9.48. The summed E-state index contributed by atoms with van der Waals surface area (Å²) in [6.07, 6.45) is 3.46. The molecule has 172 valence electrons. The number of nitrogens with zero attached hydrogens (tertiary/aromatic N) is 3. The van der Waals surface area contributed by atoms with Gasteiger partial charge in [0.1, 0.15) is 12.4 Å². The zero-order valence-electron chi connectivity index (χ0n) is 18.8. The molecule has 2 aromatic carbocycles. The molecule has 2 saturated heterocycles. The van der Waals surface area contributed by atoms with Crippen molar-refractivity contribution < 1.29 is 14.0 Å². The normalized spacial score (nSPS) is 24.8. The highest BCUT2D eigenvalue weighted by Gasteiger charge is 2.36. The van der Waals surface area contributed by atoms with Crippen molar-refractivity contribution in [2.75, 3.05) is 24.5 Å². The number of hydrogen-bond acceptors (Lipinski definition) is 4. The number of nitrogens with two attached hydrogens (primary N) is 1. The molecule has 3 heterocycles. The highest BCUT2D eigenvalue weighted by atomic mass is 19.1. The number of benzene rings is 2. The Hall–Kier alpha value is -3.06. The SMILES string of the molecule is Cc1cccc2c1N(CC(=O)N1CC3CCC(CC3)C1)C(=O)[C@H](N)N=C2c1ccccc1F. The minimum atomic E-state index is -1.22. The van der Waals surface area contributed by atoms with E-state index in [2.05, 4.69) is 4.99 Å². The number of benzodiazepines with no additional fused rings is 1. The lowest BCUT2D eigenvalue weighted by Gasteiger charge is -2.29. The van der Waals surface area contributed by atoms with Crippen molar-refractivity contribution in [3.63, 3.8) is 0 Å². The molecule has 3 fully saturated rings. The van der Waals surface area contributed by atoms with Crippen molar-refractivity contribution in [2.45, 2.75) is 38.8 Å². The third-order valence-corrected chi connectivity index (χ3v) is 7.25. The van der Waals surface area contributed by atoms with Gasteiger partial charge in [-0.3, -0.25) is 19.5 Å². The first-order valence-corrected chi connectivity index (χ1v) is 11.7. The van der Waals surface area contributed by atoms with Crippen LogP contribution >= 0.6 is 0 Å². The summed E-state index contributed by atoms with van der Waals surface area (Å²) in [7, 11) is 0. The molecule has 6 nitrogen and oxygen atoms in total. The number of anilines is 1. The first-order valence-electron chi connectivity index (χ1n) is 11.7. The van der Waals surface area contributed by atoms with Gasteiger partial charge in [0.25, 0.3) is 5.91 Å². The second-order valence-corrected chi connectivity index (χ2v) is 9.48. The molecule has 33 heavy (non-hydrogen) atoms. The van der Waals surface area contributed by atoms with Gasteiger partial charge in [0.15, 0.2) is 6.17 Å². The number of halogens is 1. The van der Waals surface area contributed by atoms with Crippen molar-refractivity contribution in [1.82, 2.24) is 4.90 Å². The zero-order chi connectivity index (χ0) is 23.1. The number of fused-ring (bicyclic) bond motifs is 5. The largest absolute Gasteiger partial charge is 0.341 e. The highest BCUT2D eigenvalue weighted by molar-refractivity contribution is 6.21. The fourth-order valence-electron chi connectivity index (χ4n) is 5.50. The van der Waals surface area contributed by atoms with E-state index in [1.165, 1.54) is 36.6 Å². The summed E-state index contributed by atoms with van der Waals surface area (Å²) < 4.78 is 14.7. The van der Waals surface area contributed by atoms with Gasteiger partial charge in [-0.05, 0) is 62.1 Å². The van der Waals surface area contributed by atoms with Gasteiger partial charge in [0.05, 0.1) is 11.4 Å². The van der Waals surface area contributed by atoms with Gasteiger partial charge in [0.2, 0.25) is 5.91 Å². The Kier molecular flexibility index (Phi) is 5.74. The minimum absolute atomic E-state index is 0.0714. The van der Waals surface area contributed by atoms with Crippen LogP contribution in [0.2, 0.25) is 0 Å². The van der Waals surface area contributed by atoms with Crippen LogP contribution in [0, 0.1) is 24.6 Å². The second kappa shape index (κ2) is 8.71. The molecule has 2 amide bonds. The van der Waals surface area contributed by atoms with E-state index >= 15 is 0 Å². The lowest BCUT2D eigenvalue weighted by Crippen LogP contribution is -2.49. The van der Waals surface area contributed by atoms with Crippen LogP contribution in [0.5, 0.6) is 0 Å². The van der Waals surface area contributed by atoms with Gasteiger partial charge < -0.3 is 10.6 Å². The molecule has 0 unspecified atom stereocenters. The predicted octanol–water partition coefficient (Wildman–Crippen LogP) is 3.25. The first-order chi connectivity index (χ1) is 15.9. The van der Waals surface area contributed by atoms with Crippen molar-refractivity contribution >= 4 is 23.2 Å². The summed E-state index contributed by atoms with van der Waals surface area (Å²) in [5.41, 5.74) is 8.78. The van der Waals surface area contributed by atoms with Crippen molar-refractivity contribution in [3.05, 3.63) is 65.0 Å². The Morgan fingerprint density at radius 3 is 2.33 bits per heavy atom. The van der Waals surface area contributed by atoms with Gasteiger partial charge in [0, 0.05) is 24.2 Å². The fourth-order valence-corrected chi connectivity index (χ4v) is 5.50. The third-order valence-electron chi connectivity index (χ3n) is 7.25. The van der Waals surface area contributed by atoms with Gasteiger partial charge in [-0.1, -0.05) is 30.3 Å². The van der Waals surface area contributed by atoms with E-state index in [9.17, 15) is 14.0 Å². The molecule has 6 rings (SSSR count). The fraction of sp³-hybridized carbons (Fsp3) is 0.423. The maximum absolute atomic E-state index is 14.7. The van der Waals surface area contributed by atoms with Gasteiger partial charge in [-0.15, -0.1) is 0 Å². The molecule has 2 aromatic rings. The smallest absolute Gasteiger partial charge is 0.266 e. The lowest BCUT2D eigenvalue weighted by molar-refractivity contribution is -0.132. The summed E-state index contributed by atoms with van der Waals surface area (Å²) in [6, 6.07) is 11.9. The van der Waals surface area contributed by atoms with Crippen LogP contribution in [0.15, 0.2) is 47.5 Å². The molecular formula is C26H29FN4O2. The average molecular weight is 449 g/mol. The Labute approximate surface area is 193 Å². The van der Waals surface area contributed by atoms with Gasteiger partial charge in [-0.2, -0.15) is 0 Å². The molecule has 1 saturated carbocycles. The average Bonchev–Trinajstić information content (AvgIpc) is 3.19. The van der Waals surface area contributed by atoms with Crippen molar-refractivity contribution in [2.24, 2.45) is 22.6 Å². The molecule has 2 bridgehead atoms. The van der Waals surface area contributed by atoms with E-state index in [-0.39, 0.29) is 18.0 Å². The number of carbonyl (C=O) groups is 2. The summed E-state index contributed by atoms with van der Waals surface area (Å²) in [5, 5.41) is 0. The van der Waals surface area contributed by atoms with Crippen molar-refractivity contribution in [1.29, 1.82) is 0 Å². The van der Waals surface area contributed by atoms with E-state index in [1.807, 2.05) is 30.0 Å². The predicted molar refractivity (Wildman–Crippen MR) is 126 cm³/mol. The third kappa shape index (κ3) is 4.06. The molecule has 0 radical (unpaired) electrons. The summed E-state index contributed by atoms with van der Waals surface area (Å²) in [4.78, 5) is 34.6. The Bertz CT molecular complexity index is 1110. The number of hydrogen-bond donors (Lipinski definition) is 1. The number of rotatable bonds is 3. The lowest BCUT2D eigenvalue weighted by atomic mass is 9.84. The number of aryl methyl sites for hydroxylation is 1. The molecule has 7 heteroatoms. The van der Waals surface area contributed by atoms with Crippen LogP contribution in [0.25, 0.3) is 0 Å². The standard InChI is InChI=1S/C26H29FN4O2/c1-16-5-4-7-20-23(19-6-2-3-8-21(19)27)29-25(28)26(33)31(24(16)20)15-22(32)30-13-17-9-10-18(14-30)12-11-17/h2-8,17-18,25H,9-15,28H2,1H3/t17?,18?,25-/m1/s1. The molecule has 1 aliphatic carbocycles. The number of para-hydroxylation sites is 1. The molecule has 0 spiro atoms. The highest BCUT2D eigenvalue weighted by Crippen LogP contribution is 2.35. The van der Waals surface area contributed by atoms with Gasteiger partial charge in [-0.25, -0.2) is 4.39 Å². The summed E-state index contributed by atoms with van der Waals surface area (Å²) in [5.74, 6) is 0.119. The number of carbonyl (C=O) groups excluding carboxylic acids is 2. The summed E-state index contributed by atoms with van der Waals surface area (Å²) in [6.45, 7) is 3.29. The molecule has 3 aliphatic heterocycles. The molecule has 4 aliphatic rings. The summed E-state index contributed by atoms with van der Waals surface area (Å²) >= 11 is 0. The van der Waals surface area contributed by atoms with Crippen LogP contribution in [0.3, 0.4) is 0 Å². The number of amides is 2. The maximum Gasteiger partial charge on any atom is 0.266 e. The Morgan fingerprint density at radius 2 is 1.67 bits per heavy atom. The quantitative estimate of drug-likeness (QED) is 0.783. The Morgan fingerprint density at radius 1 is 1.03 bits per heavy atom. The maximum atomic E-state index is 14.7. The zero-order valence-corrected chi connectivity index (χ0v) is 18.8. The molecule has 0 aromatic heterocycles. The minimum Gasteiger partial charge on any atom is -0.341 e. The Balaban J connectivity index is 1.53. The topological polar surface area (TPSA) is 79.0 Å². The van der Waals surface area contributed by atoms with Crippen LogP contribution < -0.4 is 10.6 Å². The van der Waals surface area contributed by atoms with E-state index in [4.69, 9.17) is 5.73 Å².